The van der Waals surface area contributed by atoms with E-state index in [9.17, 15) is 9.59 Å². The quantitative estimate of drug-likeness (QED) is 0.190. The third kappa shape index (κ3) is 8.07. The normalized spacial score (nSPS) is 11.3. The van der Waals surface area contributed by atoms with Gasteiger partial charge in [0.25, 0.3) is 0 Å². The van der Waals surface area contributed by atoms with Crippen LogP contribution in [0.3, 0.4) is 0 Å². The molecule has 0 heterocycles. The fourth-order valence-electron chi connectivity index (χ4n) is 4.41. The van der Waals surface area contributed by atoms with Crippen molar-refractivity contribution in [3.8, 4) is 11.5 Å². The van der Waals surface area contributed by atoms with Crippen LogP contribution in [0.2, 0.25) is 0 Å². The lowest BCUT2D eigenvalue weighted by Gasteiger charge is -2.30. The number of amides is 1. The van der Waals surface area contributed by atoms with E-state index in [2.05, 4.69) is 0 Å². The Morgan fingerprint density at radius 1 is 0.950 bits per heavy atom. The van der Waals surface area contributed by atoms with Crippen LogP contribution in [0.4, 0.5) is 9.18 Å². The summed E-state index contributed by atoms with van der Waals surface area (Å²) in [5, 5.41) is 0. The highest BCUT2D eigenvalue weighted by atomic mass is 19.1. The van der Waals surface area contributed by atoms with Crippen LogP contribution in [0.5, 0.6) is 11.5 Å². The van der Waals surface area contributed by atoms with E-state index in [1.807, 2.05) is 57.2 Å². The average Bonchev–Trinajstić information content (AvgIpc) is 2.89. The molecule has 0 atom stereocenters. The van der Waals surface area contributed by atoms with E-state index in [4.69, 9.17) is 14.2 Å². The number of ether oxygens (including phenoxy) is 3. The Morgan fingerprint density at radius 3 is 2.10 bits per heavy atom. The summed E-state index contributed by atoms with van der Waals surface area (Å²) in [5.74, 6) is -0.554. The molecule has 0 aliphatic carbocycles. The Labute approximate surface area is 237 Å². The highest BCUT2D eigenvalue weighted by Crippen LogP contribution is 2.36. The molecule has 3 aromatic rings. The van der Waals surface area contributed by atoms with Crippen LogP contribution in [0.1, 0.15) is 74.2 Å². The SMILES string of the molecule is CCc1c(CN(CC(C)C)C(=O)OC(C)(C)C)c(F)c(C)c(C(=O)Oc2ccccc2)c1OCc1ccccc1. The number of hydrogen-bond donors (Lipinski definition) is 0. The number of nitrogens with zero attached hydrogens (tertiary/aromatic N) is 1. The van der Waals surface area contributed by atoms with Gasteiger partial charge in [-0.1, -0.05) is 69.3 Å². The molecular formula is C33H40FNO5. The summed E-state index contributed by atoms with van der Waals surface area (Å²) in [6.45, 7) is 13.3. The van der Waals surface area contributed by atoms with Gasteiger partial charge < -0.3 is 19.1 Å². The highest BCUT2D eigenvalue weighted by Gasteiger charge is 2.31. The molecule has 1 amide bonds. The van der Waals surface area contributed by atoms with Gasteiger partial charge in [-0.25, -0.2) is 14.0 Å². The van der Waals surface area contributed by atoms with Gasteiger partial charge in [0, 0.05) is 23.2 Å². The van der Waals surface area contributed by atoms with Crippen LogP contribution in [0.25, 0.3) is 0 Å². The van der Waals surface area contributed by atoms with E-state index in [0.29, 0.717) is 29.8 Å². The van der Waals surface area contributed by atoms with E-state index >= 15 is 4.39 Å². The highest BCUT2D eigenvalue weighted by molar-refractivity contribution is 5.96. The summed E-state index contributed by atoms with van der Waals surface area (Å²) >= 11 is 0. The van der Waals surface area contributed by atoms with E-state index in [1.54, 1.807) is 45.0 Å². The molecule has 0 spiro atoms. The molecule has 3 rings (SSSR count). The second-order valence-electron chi connectivity index (χ2n) is 11.2. The maximum atomic E-state index is 16.2. The van der Waals surface area contributed by atoms with Crippen molar-refractivity contribution in [2.24, 2.45) is 5.92 Å². The number of benzene rings is 3. The number of rotatable bonds is 10. The van der Waals surface area contributed by atoms with Gasteiger partial charge in [0.05, 0.1) is 6.54 Å². The summed E-state index contributed by atoms with van der Waals surface area (Å²) in [6, 6.07) is 18.2. The van der Waals surface area contributed by atoms with Gasteiger partial charge in [0.1, 0.15) is 35.1 Å². The van der Waals surface area contributed by atoms with Crippen molar-refractivity contribution in [1.29, 1.82) is 0 Å². The van der Waals surface area contributed by atoms with Crippen LogP contribution < -0.4 is 9.47 Å². The first-order chi connectivity index (χ1) is 18.9. The lowest BCUT2D eigenvalue weighted by atomic mass is 9.94. The van der Waals surface area contributed by atoms with Crippen molar-refractivity contribution < 1.29 is 28.2 Å². The van der Waals surface area contributed by atoms with Crippen molar-refractivity contribution in [1.82, 2.24) is 4.90 Å². The monoisotopic (exact) mass is 549 g/mol. The van der Waals surface area contributed by atoms with E-state index in [-0.39, 0.29) is 35.9 Å². The Hall–Kier alpha value is -3.87. The smallest absolute Gasteiger partial charge is 0.410 e. The number of halogens is 1. The molecule has 7 heteroatoms. The molecule has 0 saturated heterocycles. The minimum Gasteiger partial charge on any atom is -0.488 e. The Morgan fingerprint density at radius 2 is 1.55 bits per heavy atom. The first kappa shape index (κ1) is 30.7. The summed E-state index contributed by atoms with van der Waals surface area (Å²) in [6.07, 6.45) is -0.161. The first-order valence-electron chi connectivity index (χ1n) is 13.7. The molecule has 0 fully saturated rings. The fraction of sp³-hybridized carbons (Fsp3) is 0.394. The van der Waals surface area contributed by atoms with Gasteiger partial charge >= 0.3 is 12.1 Å². The fourth-order valence-corrected chi connectivity index (χ4v) is 4.41. The molecule has 0 bridgehead atoms. The van der Waals surface area contributed by atoms with Crippen LogP contribution >= 0.6 is 0 Å². The minimum absolute atomic E-state index is 0.0291. The van der Waals surface area contributed by atoms with Crippen molar-refractivity contribution in [2.75, 3.05) is 6.54 Å². The second-order valence-corrected chi connectivity index (χ2v) is 11.2. The summed E-state index contributed by atoms with van der Waals surface area (Å²) in [7, 11) is 0. The average molecular weight is 550 g/mol. The topological polar surface area (TPSA) is 65.1 Å². The largest absolute Gasteiger partial charge is 0.488 e. The first-order valence-corrected chi connectivity index (χ1v) is 13.7. The zero-order chi connectivity index (χ0) is 29.4. The third-order valence-corrected chi connectivity index (χ3v) is 6.16. The molecule has 0 aliphatic rings. The summed E-state index contributed by atoms with van der Waals surface area (Å²) < 4.78 is 33.8. The van der Waals surface area contributed by atoms with Crippen LogP contribution in [0.15, 0.2) is 60.7 Å². The molecule has 0 aromatic heterocycles. The van der Waals surface area contributed by atoms with E-state index in [0.717, 1.165) is 5.56 Å². The van der Waals surface area contributed by atoms with Crippen LogP contribution in [-0.2, 0) is 24.3 Å². The lowest BCUT2D eigenvalue weighted by molar-refractivity contribution is 0.0208. The van der Waals surface area contributed by atoms with Gasteiger partial charge in [-0.15, -0.1) is 0 Å². The molecule has 0 N–H and O–H groups in total. The number of para-hydroxylation sites is 1. The molecule has 214 valence electrons. The van der Waals surface area contributed by atoms with Gasteiger partial charge in [0.2, 0.25) is 0 Å². The molecule has 40 heavy (non-hydrogen) atoms. The second kappa shape index (κ2) is 13.5. The Kier molecular flexibility index (Phi) is 10.3. The van der Waals surface area contributed by atoms with Gasteiger partial charge in [-0.2, -0.15) is 0 Å². The maximum absolute atomic E-state index is 16.2. The number of carbonyl (C=O) groups is 2. The Balaban J connectivity index is 2.12. The molecule has 0 radical (unpaired) electrons. The van der Waals surface area contributed by atoms with Gasteiger partial charge in [-0.3, -0.25) is 0 Å². The Bertz CT molecular complexity index is 1300. The predicted molar refractivity (Wildman–Crippen MR) is 154 cm³/mol. The van der Waals surface area contributed by atoms with Crippen molar-refractivity contribution in [3.05, 3.63) is 94.3 Å². The van der Waals surface area contributed by atoms with E-state index in [1.165, 1.54) is 11.8 Å². The van der Waals surface area contributed by atoms with Gasteiger partial charge in [-0.05, 0) is 57.7 Å². The number of carbonyl (C=O) groups excluding carboxylic acids is 2. The molecule has 6 nitrogen and oxygen atoms in total. The number of hydrogen-bond acceptors (Lipinski definition) is 5. The van der Waals surface area contributed by atoms with Crippen molar-refractivity contribution in [2.45, 2.75) is 73.6 Å². The third-order valence-electron chi connectivity index (χ3n) is 6.16. The molecule has 0 saturated carbocycles. The molecule has 3 aromatic carbocycles. The minimum atomic E-state index is -0.710. The van der Waals surface area contributed by atoms with E-state index < -0.39 is 23.5 Å². The summed E-state index contributed by atoms with van der Waals surface area (Å²) in [4.78, 5) is 28.1. The maximum Gasteiger partial charge on any atom is 0.410 e. The van der Waals surface area contributed by atoms with Crippen LogP contribution in [-0.4, -0.2) is 29.1 Å². The zero-order valence-corrected chi connectivity index (χ0v) is 24.5. The van der Waals surface area contributed by atoms with Crippen molar-refractivity contribution >= 4 is 12.1 Å². The van der Waals surface area contributed by atoms with Crippen molar-refractivity contribution in [3.63, 3.8) is 0 Å². The number of esters is 1. The molecule has 0 unspecified atom stereocenters. The molecular weight excluding hydrogens is 509 g/mol. The lowest BCUT2D eigenvalue weighted by Crippen LogP contribution is -2.39. The van der Waals surface area contributed by atoms with Gasteiger partial charge in [0.15, 0.2) is 0 Å². The molecule has 0 aliphatic heterocycles. The zero-order valence-electron chi connectivity index (χ0n) is 24.5. The standard InChI is InChI=1S/C33H40FNO5/c1-8-26-27(20-35(19-22(2)3)32(37)40-33(5,6)7)29(34)23(4)28(31(36)39-25-17-13-10-14-18-25)30(26)38-21-24-15-11-9-12-16-24/h9-18,22H,8,19-21H2,1-7H3. The van der Waals surface area contributed by atoms with Crippen LogP contribution in [0, 0.1) is 18.7 Å². The predicted octanol–water partition coefficient (Wildman–Crippen LogP) is 7.89. The summed E-state index contributed by atoms with van der Waals surface area (Å²) in [5.41, 5.74) is 1.13.